The second kappa shape index (κ2) is 17.3. The Hall–Kier alpha value is -6.21. The summed E-state index contributed by atoms with van der Waals surface area (Å²) in [5, 5.41) is 0.699. The minimum atomic E-state index is -0.106. The maximum Gasteiger partial charge on any atom is 0.421 e. The Bertz CT molecular complexity index is 3240. The highest BCUT2D eigenvalue weighted by molar-refractivity contribution is 9.10. The van der Waals surface area contributed by atoms with Crippen LogP contribution < -0.4 is 24.9 Å². The molecule has 0 fully saturated rings. The van der Waals surface area contributed by atoms with E-state index in [9.17, 15) is 0 Å². The van der Waals surface area contributed by atoms with Crippen LogP contribution in [0, 0.1) is 13.8 Å². The Morgan fingerprint density at radius 2 is 1.01 bits per heavy atom. The zero-order chi connectivity index (χ0) is 48.7. The summed E-state index contributed by atoms with van der Waals surface area (Å²) >= 11 is 10.9. The first kappa shape index (κ1) is 46.5. The molecule has 0 saturated heterocycles. The van der Waals surface area contributed by atoms with Crippen molar-refractivity contribution >= 4 is 96.9 Å². The molecule has 8 aromatic carbocycles. The monoisotopic (exact) mass is 986 g/mol. The van der Waals surface area contributed by atoms with E-state index in [1.165, 1.54) is 44.5 Å². The van der Waals surface area contributed by atoms with Crippen LogP contribution >= 0.6 is 27.5 Å². The largest absolute Gasteiger partial charge is 0.421 e. The molecule has 4 nitrogen and oxygen atoms in total. The number of benzene rings is 8. The Balaban J connectivity index is 1.22. The normalized spacial score (nSPS) is 13.2. The van der Waals surface area contributed by atoms with Crippen LogP contribution in [0.1, 0.15) is 90.1 Å². The number of anilines is 10. The molecule has 0 radical (unpaired) electrons. The molecule has 10 rings (SSSR count). The van der Waals surface area contributed by atoms with E-state index in [-0.39, 0.29) is 23.2 Å². The summed E-state index contributed by atoms with van der Waals surface area (Å²) in [6.07, 6.45) is 0. The van der Waals surface area contributed by atoms with Crippen molar-refractivity contribution < 1.29 is 0 Å². The highest BCUT2D eigenvalue weighted by Crippen LogP contribution is 2.55. The van der Waals surface area contributed by atoms with Gasteiger partial charge >= 0.3 is 6.98 Å². The molecule has 0 atom stereocenters. The first-order valence-electron chi connectivity index (χ1n) is 24.2. The van der Waals surface area contributed by atoms with Crippen LogP contribution in [0.3, 0.4) is 0 Å². The molecule has 8 aromatic rings. The fourth-order valence-electron chi connectivity index (χ4n) is 10.2. The van der Waals surface area contributed by atoms with E-state index in [0.29, 0.717) is 5.02 Å². The summed E-state index contributed by atoms with van der Waals surface area (Å²) in [7, 11) is 0. The van der Waals surface area contributed by atoms with Gasteiger partial charge in [0.05, 0.1) is 27.2 Å². The molecule has 69 heavy (non-hydrogen) atoms. The molecular formula is C62H61BBrClN4. The van der Waals surface area contributed by atoms with E-state index in [2.05, 4.69) is 269 Å². The standard InChI is InChI=1S/C62H61BBrClN4/c1-40-34-56(66(47-30-26-45(65)27-31-47)49-21-17-18-43(37-49)61(6,7)8)59(64)57(35-40)67(46-28-24-42(25-29-46)60(3,4)5)50-32-33-54-55(39-50)69-53-23-16-15-22-51(53)52-38-44(62(9,10)11)36-41(2)58(52)63(69)68(54)48-19-13-12-14-20-48/h12-39H,1-11H3. The van der Waals surface area contributed by atoms with Gasteiger partial charge in [0.1, 0.15) is 0 Å². The lowest BCUT2D eigenvalue weighted by Crippen LogP contribution is -2.56. The lowest BCUT2D eigenvalue weighted by molar-refractivity contribution is 0.590. The third-order valence-corrected chi connectivity index (χ3v) is 15.0. The number of hydrogen-bond donors (Lipinski definition) is 0. The molecule has 2 aliphatic heterocycles. The average molecular weight is 988 g/mol. The Morgan fingerprint density at radius 1 is 0.449 bits per heavy atom. The van der Waals surface area contributed by atoms with E-state index in [4.69, 9.17) is 11.6 Å². The van der Waals surface area contributed by atoms with E-state index in [0.717, 1.165) is 61.2 Å². The molecular weight excluding hydrogens is 927 g/mol. The van der Waals surface area contributed by atoms with Gasteiger partial charge in [-0.25, -0.2) is 0 Å². The minimum Gasteiger partial charge on any atom is -0.360 e. The van der Waals surface area contributed by atoms with Crippen LogP contribution in [0.15, 0.2) is 174 Å². The average Bonchev–Trinajstić information content (AvgIpc) is 3.65. The SMILES string of the molecule is Cc1cc(N(c2ccc(Cl)cc2)c2cccc(C(C)(C)C)c2)c(Br)c(N(c2ccc(C(C)(C)C)cc2)c2ccc3c(c2)N2B(c4c(C)cc(C(C)(C)C)cc4-c4ccccc42)N3c2ccccc2)c1. The van der Waals surface area contributed by atoms with Crippen molar-refractivity contribution in [2.24, 2.45) is 0 Å². The number of hydrogen-bond acceptors (Lipinski definition) is 4. The molecule has 0 amide bonds. The molecule has 346 valence electrons. The molecule has 2 heterocycles. The predicted octanol–water partition coefficient (Wildman–Crippen LogP) is 18.2. The van der Waals surface area contributed by atoms with Gasteiger partial charge in [0.2, 0.25) is 0 Å². The molecule has 0 saturated carbocycles. The molecule has 0 N–H and O–H groups in total. The number of rotatable bonds is 7. The van der Waals surface area contributed by atoms with Gasteiger partial charge in [0.15, 0.2) is 0 Å². The molecule has 0 spiro atoms. The third-order valence-electron chi connectivity index (χ3n) is 13.9. The summed E-state index contributed by atoms with van der Waals surface area (Å²) in [6, 6.07) is 62.7. The van der Waals surface area contributed by atoms with Gasteiger partial charge < -0.3 is 19.4 Å². The van der Waals surface area contributed by atoms with Gasteiger partial charge in [-0.1, -0.05) is 152 Å². The van der Waals surface area contributed by atoms with Gasteiger partial charge in [-0.05, 0) is 176 Å². The van der Waals surface area contributed by atoms with Gasteiger partial charge in [0.25, 0.3) is 0 Å². The van der Waals surface area contributed by atoms with Crippen LogP contribution in [0.5, 0.6) is 0 Å². The van der Waals surface area contributed by atoms with E-state index < -0.39 is 0 Å². The Morgan fingerprint density at radius 3 is 1.64 bits per heavy atom. The highest BCUT2D eigenvalue weighted by Gasteiger charge is 2.49. The molecule has 0 aromatic heterocycles. The lowest BCUT2D eigenvalue weighted by Gasteiger charge is -2.38. The summed E-state index contributed by atoms with van der Waals surface area (Å²) in [4.78, 5) is 9.93. The van der Waals surface area contributed by atoms with Gasteiger partial charge in [-0.3, -0.25) is 0 Å². The maximum absolute atomic E-state index is 6.56. The summed E-state index contributed by atoms with van der Waals surface area (Å²) in [5.74, 6) is 0. The van der Waals surface area contributed by atoms with Crippen molar-refractivity contribution in [2.75, 3.05) is 19.4 Å². The summed E-state index contributed by atoms with van der Waals surface area (Å²) in [5.41, 5.74) is 21.1. The van der Waals surface area contributed by atoms with Gasteiger partial charge in [0, 0.05) is 44.7 Å². The van der Waals surface area contributed by atoms with E-state index >= 15 is 0 Å². The van der Waals surface area contributed by atoms with Crippen LogP contribution in [0.2, 0.25) is 5.02 Å². The molecule has 7 heteroatoms. The first-order chi connectivity index (χ1) is 32.8. The van der Waals surface area contributed by atoms with Crippen molar-refractivity contribution in [2.45, 2.75) is 92.4 Å². The quantitative estimate of drug-likeness (QED) is 0.148. The first-order valence-corrected chi connectivity index (χ1v) is 25.3. The smallest absolute Gasteiger partial charge is 0.360 e. The van der Waals surface area contributed by atoms with Crippen LogP contribution in [-0.2, 0) is 16.2 Å². The molecule has 2 aliphatic rings. The van der Waals surface area contributed by atoms with E-state index in [1.54, 1.807) is 0 Å². The number of aryl methyl sites for hydroxylation is 2. The Kier molecular flexibility index (Phi) is 11.7. The zero-order valence-electron chi connectivity index (χ0n) is 41.8. The van der Waals surface area contributed by atoms with Gasteiger partial charge in [-0.2, -0.15) is 0 Å². The Labute approximate surface area is 424 Å². The van der Waals surface area contributed by atoms with Gasteiger partial charge in [-0.15, -0.1) is 0 Å². The van der Waals surface area contributed by atoms with Crippen molar-refractivity contribution in [1.82, 2.24) is 0 Å². The summed E-state index contributed by atoms with van der Waals surface area (Å²) in [6.45, 7) is 25.0. The zero-order valence-corrected chi connectivity index (χ0v) is 44.1. The number of para-hydroxylation sites is 2. The number of halogens is 2. The predicted molar refractivity (Wildman–Crippen MR) is 302 cm³/mol. The fraction of sp³-hybridized carbons (Fsp3) is 0.226. The molecule has 0 aliphatic carbocycles. The maximum atomic E-state index is 6.56. The molecule has 0 unspecified atom stereocenters. The van der Waals surface area contributed by atoms with Crippen molar-refractivity contribution in [1.29, 1.82) is 0 Å². The van der Waals surface area contributed by atoms with Crippen molar-refractivity contribution in [3.05, 3.63) is 207 Å². The fourth-order valence-corrected chi connectivity index (χ4v) is 11.0. The van der Waals surface area contributed by atoms with Crippen molar-refractivity contribution in [3.63, 3.8) is 0 Å². The van der Waals surface area contributed by atoms with Crippen molar-refractivity contribution in [3.8, 4) is 11.1 Å². The second-order valence-electron chi connectivity index (χ2n) is 22.0. The van der Waals surface area contributed by atoms with Crippen LogP contribution in [0.25, 0.3) is 11.1 Å². The third kappa shape index (κ3) is 8.44. The number of nitrogens with zero attached hydrogens (tertiary/aromatic N) is 4. The molecule has 0 bridgehead atoms. The van der Waals surface area contributed by atoms with Crippen LogP contribution in [-0.4, -0.2) is 6.98 Å². The topological polar surface area (TPSA) is 13.0 Å². The number of fused-ring (bicyclic) bond motifs is 8. The second-order valence-corrected chi connectivity index (χ2v) is 23.2. The lowest BCUT2D eigenvalue weighted by atomic mass is 9.57. The van der Waals surface area contributed by atoms with Crippen LogP contribution in [0.4, 0.5) is 56.9 Å². The minimum absolute atomic E-state index is 0.000684. The van der Waals surface area contributed by atoms with E-state index in [1.807, 2.05) is 12.1 Å². The highest BCUT2D eigenvalue weighted by atomic mass is 79.9. The summed E-state index contributed by atoms with van der Waals surface area (Å²) < 4.78 is 0.968.